The van der Waals surface area contributed by atoms with E-state index in [0.29, 0.717) is 0 Å². The predicted molar refractivity (Wildman–Crippen MR) is 113 cm³/mol. The third kappa shape index (κ3) is 6.28. The first kappa shape index (κ1) is 20.8. The highest BCUT2D eigenvalue weighted by atomic mass is 16.5. The van der Waals surface area contributed by atoms with Crippen molar-refractivity contribution in [3.8, 4) is 28.3 Å². The fraction of sp³-hybridized carbons (Fsp3) is 0.375. The summed E-state index contributed by atoms with van der Waals surface area (Å²) in [6, 6.07) is 18.2. The number of benzene rings is 2. The van der Waals surface area contributed by atoms with Gasteiger partial charge in [-0.2, -0.15) is 0 Å². The normalized spacial score (nSPS) is 10.4. The average Bonchev–Trinajstić information content (AvgIpc) is 3.18. The molecule has 0 saturated carbocycles. The molecule has 0 aliphatic carbocycles. The largest absolute Gasteiger partial charge is 0.494 e. The van der Waals surface area contributed by atoms with Crippen LogP contribution in [0, 0.1) is 12.8 Å². The van der Waals surface area contributed by atoms with Gasteiger partial charge in [-0.1, -0.05) is 62.7 Å². The molecule has 0 N–H and O–H groups in total. The van der Waals surface area contributed by atoms with Crippen LogP contribution in [0.15, 0.2) is 59.1 Å². The van der Waals surface area contributed by atoms with Gasteiger partial charge >= 0.3 is 0 Å². The van der Waals surface area contributed by atoms with Crippen LogP contribution in [0.3, 0.4) is 0 Å². The summed E-state index contributed by atoms with van der Waals surface area (Å²) >= 11 is 0. The van der Waals surface area contributed by atoms with Gasteiger partial charge in [0.25, 0.3) is 0 Å². The minimum atomic E-state index is 0.722. The van der Waals surface area contributed by atoms with Gasteiger partial charge in [0.1, 0.15) is 11.4 Å². The summed E-state index contributed by atoms with van der Waals surface area (Å²) in [5, 5.41) is 4.19. The summed E-state index contributed by atoms with van der Waals surface area (Å²) < 4.78 is 11.3. The Balaban J connectivity index is 0.00000126. The number of hydrogen-bond donors (Lipinski definition) is 0. The Morgan fingerprint density at radius 2 is 1.56 bits per heavy atom. The summed E-state index contributed by atoms with van der Waals surface area (Å²) in [5.41, 5.74) is 4.14. The molecule has 0 radical (unpaired) electrons. The van der Waals surface area contributed by atoms with Gasteiger partial charge in [0.05, 0.1) is 6.61 Å². The number of ether oxygens (including phenoxy) is 1. The molecule has 0 saturated heterocycles. The lowest BCUT2D eigenvalue weighted by molar-refractivity contribution is 0.298. The van der Waals surface area contributed by atoms with Crippen molar-refractivity contribution in [3.05, 3.63) is 60.2 Å². The molecule has 3 nitrogen and oxygen atoms in total. The monoisotopic (exact) mass is 365 g/mol. The predicted octanol–water partition coefficient (Wildman–Crippen LogP) is 7.16. The molecule has 0 atom stereocenters. The second-order valence-electron chi connectivity index (χ2n) is 6.85. The van der Waals surface area contributed by atoms with E-state index in [4.69, 9.17) is 9.26 Å². The van der Waals surface area contributed by atoms with Crippen LogP contribution in [0.2, 0.25) is 0 Å². The van der Waals surface area contributed by atoms with Gasteiger partial charge in [0.15, 0.2) is 5.76 Å². The molecule has 3 rings (SSSR count). The molecule has 0 aliphatic heterocycles. The molecule has 0 aliphatic rings. The summed E-state index contributed by atoms with van der Waals surface area (Å²) in [7, 11) is 0. The van der Waals surface area contributed by atoms with E-state index < -0.39 is 0 Å². The fourth-order valence-corrected chi connectivity index (χ4v) is 2.67. The van der Waals surface area contributed by atoms with Crippen molar-refractivity contribution in [1.29, 1.82) is 0 Å². The Morgan fingerprint density at radius 3 is 2.19 bits per heavy atom. The third-order valence-electron chi connectivity index (χ3n) is 4.19. The van der Waals surface area contributed by atoms with Crippen molar-refractivity contribution in [2.45, 2.75) is 47.5 Å². The molecular weight excluding hydrogens is 334 g/mol. The topological polar surface area (TPSA) is 35.3 Å². The summed E-state index contributed by atoms with van der Waals surface area (Å²) in [6.07, 6.45) is 2.28. The molecule has 0 amide bonds. The Hall–Kier alpha value is -2.55. The number of aryl methyl sites for hydroxylation is 1. The van der Waals surface area contributed by atoms with E-state index in [2.05, 4.69) is 50.2 Å². The van der Waals surface area contributed by atoms with Crippen LogP contribution >= 0.6 is 0 Å². The van der Waals surface area contributed by atoms with Crippen molar-refractivity contribution in [2.24, 2.45) is 5.92 Å². The summed E-state index contributed by atoms with van der Waals surface area (Å²) in [5.74, 6) is 2.38. The van der Waals surface area contributed by atoms with Crippen molar-refractivity contribution >= 4 is 0 Å². The standard InChI is InChI=1S/C22H25NO2.C2H6/c1-16(2)5-4-14-24-20-12-10-19(11-13-20)22-15-21(23-25-22)18-8-6-17(3)7-9-18;1-2/h6-13,15-16H,4-5,14H2,1-3H3;1-2H3. The van der Waals surface area contributed by atoms with Crippen LogP contribution in [-0.4, -0.2) is 11.8 Å². The maximum Gasteiger partial charge on any atom is 0.167 e. The van der Waals surface area contributed by atoms with Crippen LogP contribution in [0.25, 0.3) is 22.6 Å². The zero-order valence-electron chi connectivity index (χ0n) is 17.2. The van der Waals surface area contributed by atoms with Gasteiger partial charge in [0.2, 0.25) is 0 Å². The van der Waals surface area contributed by atoms with Crippen molar-refractivity contribution in [3.63, 3.8) is 0 Å². The maximum atomic E-state index is 5.79. The van der Waals surface area contributed by atoms with Gasteiger partial charge in [-0.15, -0.1) is 0 Å². The van der Waals surface area contributed by atoms with Gasteiger partial charge in [-0.25, -0.2) is 0 Å². The highest BCUT2D eigenvalue weighted by molar-refractivity contribution is 5.67. The second kappa shape index (κ2) is 10.6. The highest BCUT2D eigenvalue weighted by Gasteiger charge is 2.09. The molecule has 27 heavy (non-hydrogen) atoms. The molecule has 3 heteroatoms. The van der Waals surface area contributed by atoms with Crippen LogP contribution in [0.4, 0.5) is 0 Å². The van der Waals surface area contributed by atoms with E-state index in [-0.39, 0.29) is 0 Å². The van der Waals surface area contributed by atoms with E-state index >= 15 is 0 Å². The Bertz CT molecular complexity index is 786. The van der Waals surface area contributed by atoms with Crippen LogP contribution in [0.5, 0.6) is 5.75 Å². The van der Waals surface area contributed by atoms with Gasteiger partial charge in [-0.3, -0.25) is 0 Å². The first-order valence-electron chi connectivity index (χ1n) is 9.89. The first-order chi connectivity index (χ1) is 13.1. The zero-order valence-corrected chi connectivity index (χ0v) is 17.2. The molecule has 1 heterocycles. The Morgan fingerprint density at radius 1 is 0.926 bits per heavy atom. The Labute approximate surface area is 163 Å². The van der Waals surface area contributed by atoms with Gasteiger partial charge in [-0.05, 0) is 49.9 Å². The minimum absolute atomic E-state index is 0.722. The lowest BCUT2D eigenvalue weighted by Gasteiger charge is -2.07. The van der Waals surface area contributed by atoms with Crippen LogP contribution < -0.4 is 4.74 Å². The molecule has 0 spiro atoms. The lowest BCUT2D eigenvalue weighted by atomic mass is 10.1. The zero-order chi connectivity index (χ0) is 19.6. The summed E-state index contributed by atoms with van der Waals surface area (Å²) in [4.78, 5) is 0. The quantitative estimate of drug-likeness (QED) is 0.417. The maximum absolute atomic E-state index is 5.79. The number of hydrogen-bond acceptors (Lipinski definition) is 3. The van der Waals surface area contributed by atoms with Crippen molar-refractivity contribution in [2.75, 3.05) is 6.61 Å². The van der Waals surface area contributed by atoms with E-state index in [1.165, 1.54) is 12.0 Å². The number of rotatable bonds is 7. The fourth-order valence-electron chi connectivity index (χ4n) is 2.67. The third-order valence-corrected chi connectivity index (χ3v) is 4.19. The van der Waals surface area contributed by atoms with Crippen molar-refractivity contribution < 1.29 is 9.26 Å². The van der Waals surface area contributed by atoms with Crippen LogP contribution in [0.1, 0.15) is 46.1 Å². The summed E-state index contributed by atoms with van der Waals surface area (Å²) in [6.45, 7) is 11.3. The van der Waals surface area contributed by atoms with Crippen LogP contribution in [-0.2, 0) is 0 Å². The van der Waals surface area contributed by atoms with E-state index in [0.717, 1.165) is 47.3 Å². The molecule has 3 aromatic rings. The molecular formula is C24H31NO2. The highest BCUT2D eigenvalue weighted by Crippen LogP contribution is 2.27. The van der Waals surface area contributed by atoms with Gasteiger partial charge < -0.3 is 9.26 Å². The van der Waals surface area contributed by atoms with E-state index in [9.17, 15) is 0 Å². The smallest absolute Gasteiger partial charge is 0.167 e. The Kier molecular flexibility index (Phi) is 8.12. The van der Waals surface area contributed by atoms with Crippen molar-refractivity contribution in [1.82, 2.24) is 5.16 Å². The molecule has 0 unspecified atom stereocenters. The first-order valence-corrected chi connectivity index (χ1v) is 9.89. The average molecular weight is 366 g/mol. The second-order valence-corrected chi connectivity index (χ2v) is 6.85. The minimum Gasteiger partial charge on any atom is -0.494 e. The molecule has 1 aromatic heterocycles. The van der Waals surface area contributed by atoms with E-state index in [1.54, 1.807) is 0 Å². The molecule has 0 bridgehead atoms. The molecule has 0 fully saturated rings. The SMILES string of the molecule is CC.Cc1ccc(-c2cc(-c3ccc(OCCCC(C)C)cc3)on2)cc1. The van der Waals surface area contributed by atoms with Gasteiger partial charge in [0, 0.05) is 17.2 Å². The molecule has 2 aromatic carbocycles. The molecule has 144 valence electrons. The number of nitrogens with zero attached hydrogens (tertiary/aromatic N) is 1. The number of aromatic nitrogens is 1. The van der Waals surface area contributed by atoms with E-state index in [1.807, 2.05) is 44.2 Å². The lowest BCUT2D eigenvalue weighted by Crippen LogP contribution is -1.99.